The molecule has 3 N–H and O–H groups in total. The van der Waals surface area contributed by atoms with Crippen LogP contribution in [0.2, 0.25) is 0 Å². The van der Waals surface area contributed by atoms with E-state index < -0.39 is 17.7 Å². The molecule has 0 aliphatic rings. The minimum atomic E-state index is -0.970. The first-order valence-electron chi connectivity index (χ1n) is 4.97. The summed E-state index contributed by atoms with van der Waals surface area (Å²) in [6.07, 6.45) is 2.55. The van der Waals surface area contributed by atoms with Gasteiger partial charge in [-0.2, -0.15) is 0 Å². The van der Waals surface area contributed by atoms with Crippen molar-refractivity contribution < 1.29 is 19.1 Å². The molecule has 0 heterocycles. The molecule has 1 amide bonds. The molecule has 4 nitrogen and oxygen atoms in total. The van der Waals surface area contributed by atoms with Gasteiger partial charge in [0.2, 0.25) is 5.91 Å². The standard InChI is InChI=1S/C12H12FNO3/c13-10-7-8(2-5-11(14)15)1-3-9(10)4-6-12(16)17/h1-3,5,7H,4,6H2,(H2,14,15)(H,16,17). The number of carboxylic acids is 1. The van der Waals surface area contributed by atoms with Crippen molar-refractivity contribution in [2.75, 3.05) is 0 Å². The highest BCUT2D eigenvalue weighted by atomic mass is 19.1. The summed E-state index contributed by atoms with van der Waals surface area (Å²) in [7, 11) is 0. The van der Waals surface area contributed by atoms with Crippen molar-refractivity contribution in [2.24, 2.45) is 5.73 Å². The molecule has 1 aromatic carbocycles. The summed E-state index contributed by atoms with van der Waals surface area (Å²) in [5.74, 6) is -2.07. The van der Waals surface area contributed by atoms with Crippen LogP contribution in [-0.2, 0) is 16.0 Å². The fourth-order valence-electron chi connectivity index (χ4n) is 1.29. The summed E-state index contributed by atoms with van der Waals surface area (Å²) >= 11 is 0. The van der Waals surface area contributed by atoms with Crippen molar-refractivity contribution in [1.29, 1.82) is 0 Å². The normalized spacial score (nSPS) is 10.6. The van der Waals surface area contributed by atoms with E-state index in [-0.39, 0.29) is 12.8 Å². The summed E-state index contributed by atoms with van der Waals surface area (Å²) in [6, 6.07) is 4.33. The second kappa shape index (κ2) is 5.79. The molecule has 0 aliphatic heterocycles. The van der Waals surface area contributed by atoms with Crippen molar-refractivity contribution in [1.82, 2.24) is 0 Å². The Hall–Kier alpha value is -2.17. The van der Waals surface area contributed by atoms with E-state index in [1.165, 1.54) is 18.2 Å². The van der Waals surface area contributed by atoms with Crippen molar-refractivity contribution in [3.05, 3.63) is 41.2 Å². The maximum Gasteiger partial charge on any atom is 0.303 e. The van der Waals surface area contributed by atoms with Gasteiger partial charge in [-0.3, -0.25) is 9.59 Å². The molecule has 0 saturated carbocycles. The number of carbonyl (C=O) groups is 2. The Kier molecular flexibility index (Phi) is 4.39. The van der Waals surface area contributed by atoms with Crippen LogP contribution in [0, 0.1) is 5.82 Å². The van der Waals surface area contributed by atoms with Gasteiger partial charge >= 0.3 is 5.97 Å². The van der Waals surface area contributed by atoms with Gasteiger partial charge in [0.05, 0.1) is 0 Å². The van der Waals surface area contributed by atoms with Crippen LogP contribution in [0.4, 0.5) is 4.39 Å². The largest absolute Gasteiger partial charge is 0.481 e. The van der Waals surface area contributed by atoms with Gasteiger partial charge in [-0.25, -0.2) is 4.39 Å². The van der Waals surface area contributed by atoms with E-state index in [4.69, 9.17) is 10.8 Å². The van der Waals surface area contributed by atoms with Crippen LogP contribution >= 0.6 is 0 Å². The molecule has 0 unspecified atom stereocenters. The van der Waals surface area contributed by atoms with E-state index in [1.54, 1.807) is 6.07 Å². The summed E-state index contributed by atoms with van der Waals surface area (Å²) in [6.45, 7) is 0. The van der Waals surface area contributed by atoms with Gasteiger partial charge in [-0.1, -0.05) is 12.1 Å². The third kappa shape index (κ3) is 4.46. The fraction of sp³-hybridized carbons (Fsp3) is 0.167. The number of nitrogens with two attached hydrogens (primary N) is 1. The van der Waals surface area contributed by atoms with Gasteiger partial charge in [0.1, 0.15) is 5.82 Å². The Morgan fingerprint density at radius 1 is 1.41 bits per heavy atom. The molecule has 0 radical (unpaired) electrons. The van der Waals surface area contributed by atoms with Crippen molar-refractivity contribution in [3.63, 3.8) is 0 Å². The first-order chi connectivity index (χ1) is 7.99. The minimum absolute atomic E-state index is 0.118. The minimum Gasteiger partial charge on any atom is -0.481 e. The average Bonchev–Trinajstić information content (AvgIpc) is 2.24. The molecule has 0 aliphatic carbocycles. The molecule has 1 aromatic rings. The predicted molar refractivity (Wildman–Crippen MR) is 60.6 cm³/mol. The van der Waals surface area contributed by atoms with Crippen molar-refractivity contribution >= 4 is 18.0 Å². The molecule has 90 valence electrons. The molecule has 17 heavy (non-hydrogen) atoms. The molecular formula is C12H12FNO3. The summed E-state index contributed by atoms with van der Waals surface area (Å²) in [5.41, 5.74) is 5.74. The second-order valence-electron chi connectivity index (χ2n) is 3.48. The lowest BCUT2D eigenvalue weighted by atomic mass is 10.1. The third-order valence-corrected chi connectivity index (χ3v) is 2.13. The topological polar surface area (TPSA) is 80.4 Å². The highest BCUT2D eigenvalue weighted by molar-refractivity contribution is 5.90. The molecular weight excluding hydrogens is 225 g/mol. The maximum atomic E-state index is 13.5. The van der Waals surface area contributed by atoms with Crippen LogP contribution in [0.15, 0.2) is 24.3 Å². The lowest BCUT2D eigenvalue weighted by Gasteiger charge is -2.02. The predicted octanol–water partition coefficient (Wildman–Crippen LogP) is 1.34. The maximum absolute atomic E-state index is 13.5. The molecule has 1 rings (SSSR count). The van der Waals surface area contributed by atoms with Crippen LogP contribution in [0.3, 0.4) is 0 Å². The second-order valence-corrected chi connectivity index (χ2v) is 3.48. The molecule has 5 heteroatoms. The fourth-order valence-corrected chi connectivity index (χ4v) is 1.29. The van der Waals surface area contributed by atoms with Gasteiger partial charge in [0.25, 0.3) is 0 Å². The van der Waals surface area contributed by atoms with Crippen LogP contribution in [0.25, 0.3) is 6.08 Å². The molecule has 0 spiro atoms. The van der Waals surface area contributed by atoms with E-state index in [9.17, 15) is 14.0 Å². The zero-order valence-corrected chi connectivity index (χ0v) is 9.02. The van der Waals surface area contributed by atoms with Gasteiger partial charge in [0, 0.05) is 12.5 Å². The van der Waals surface area contributed by atoms with Crippen molar-refractivity contribution in [2.45, 2.75) is 12.8 Å². The SMILES string of the molecule is NC(=O)C=Cc1ccc(CCC(=O)O)c(F)c1. The van der Waals surface area contributed by atoms with Crippen LogP contribution in [0.5, 0.6) is 0 Å². The highest BCUT2D eigenvalue weighted by Gasteiger charge is 2.05. The Balaban J connectivity index is 2.79. The summed E-state index contributed by atoms with van der Waals surface area (Å²) < 4.78 is 13.5. The number of amides is 1. The molecule has 0 bridgehead atoms. The highest BCUT2D eigenvalue weighted by Crippen LogP contribution is 2.13. The van der Waals surface area contributed by atoms with E-state index in [2.05, 4.69) is 0 Å². The number of benzene rings is 1. The monoisotopic (exact) mass is 237 g/mol. The number of aliphatic carboxylic acids is 1. The van der Waals surface area contributed by atoms with E-state index >= 15 is 0 Å². The number of aryl methyl sites for hydroxylation is 1. The number of halogens is 1. The number of hydrogen-bond donors (Lipinski definition) is 2. The van der Waals surface area contributed by atoms with Crippen LogP contribution in [-0.4, -0.2) is 17.0 Å². The van der Waals surface area contributed by atoms with E-state index in [1.807, 2.05) is 0 Å². The Morgan fingerprint density at radius 3 is 2.65 bits per heavy atom. The van der Waals surface area contributed by atoms with E-state index in [0.717, 1.165) is 6.08 Å². The van der Waals surface area contributed by atoms with Gasteiger partial charge < -0.3 is 10.8 Å². The lowest BCUT2D eigenvalue weighted by molar-refractivity contribution is -0.137. The zero-order valence-electron chi connectivity index (χ0n) is 9.02. The quantitative estimate of drug-likeness (QED) is 0.758. The van der Waals surface area contributed by atoms with Gasteiger partial charge in [-0.15, -0.1) is 0 Å². The number of primary amides is 1. The number of rotatable bonds is 5. The number of carboxylic acid groups (broad SMARTS) is 1. The van der Waals surface area contributed by atoms with E-state index in [0.29, 0.717) is 11.1 Å². The Bertz CT molecular complexity index is 469. The summed E-state index contributed by atoms with van der Waals surface area (Å²) in [4.78, 5) is 20.8. The zero-order chi connectivity index (χ0) is 12.8. The first kappa shape index (κ1) is 12.9. The third-order valence-electron chi connectivity index (χ3n) is 2.13. The van der Waals surface area contributed by atoms with Gasteiger partial charge in [0.15, 0.2) is 0 Å². The molecule has 0 aromatic heterocycles. The Morgan fingerprint density at radius 2 is 2.12 bits per heavy atom. The summed E-state index contributed by atoms with van der Waals surface area (Å²) in [5, 5.41) is 8.48. The smallest absolute Gasteiger partial charge is 0.303 e. The number of carbonyl (C=O) groups excluding carboxylic acids is 1. The Labute approximate surface area is 97.6 Å². The van der Waals surface area contributed by atoms with Crippen molar-refractivity contribution in [3.8, 4) is 0 Å². The van der Waals surface area contributed by atoms with Gasteiger partial charge in [-0.05, 0) is 29.7 Å². The number of hydrogen-bond acceptors (Lipinski definition) is 2. The average molecular weight is 237 g/mol. The molecule has 0 fully saturated rings. The lowest BCUT2D eigenvalue weighted by Crippen LogP contribution is -2.05. The first-order valence-corrected chi connectivity index (χ1v) is 4.97. The molecule has 0 saturated heterocycles. The van der Waals surface area contributed by atoms with Crippen LogP contribution < -0.4 is 5.73 Å². The molecule has 0 atom stereocenters. The van der Waals surface area contributed by atoms with Crippen LogP contribution in [0.1, 0.15) is 17.5 Å².